The molecule has 0 spiro atoms. The number of nitrogens with zero attached hydrogens (tertiary/aromatic N) is 2. The number of rotatable bonds is 2. The van der Waals surface area contributed by atoms with Crippen LogP contribution in [-0.2, 0) is 0 Å². The van der Waals surface area contributed by atoms with Crippen LogP contribution >= 0.6 is 0 Å². The zero-order valence-electron chi connectivity index (χ0n) is 14.9. The van der Waals surface area contributed by atoms with Crippen molar-refractivity contribution in [1.82, 2.24) is 20.3 Å². The van der Waals surface area contributed by atoms with Gasteiger partial charge in [-0.2, -0.15) is 0 Å². The molecule has 0 aliphatic carbocycles. The zero-order valence-corrected chi connectivity index (χ0v) is 14.9. The molecule has 5 rings (SSSR count). The molecule has 130 valence electrons. The number of imidazole rings is 1. The number of hydrogen-bond donors (Lipinski definition) is 2. The Hall–Kier alpha value is -2.72. The first-order valence-corrected chi connectivity index (χ1v) is 9.35. The van der Waals surface area contributed by atoms with E-state index in [9.17, 15) is 0 Å². The fourth-order valence-electron chi connectivity index (χ4n) is 4.13. The summed E-state index contributed by atoms with van der Waals surface area (Å²) in [6.45, 7) is 4.27. The third-order valence-electron chi connectivity index (χ3n) is 5.41. The van der Waals surface area contributed by atoms with Gasteiger partial charge in [-0.15, -0.1) is 0 Å². The van der Waals surface area contributed by atoms with Crippen LogP contribution in [0.2, 0.25) is 0 Å². The molecule has 2 N–H and O–H groups in total. The van der Waals surface area contributed by atoms with Crippen molar-refractivity contribution in [3.8, 4) is 11.4 Å². The molecule has 1 fully saturated rings. The van der Waals surface area contributed by atoms with Crippen molar-refractivity contribution >= 4 is 21.9 Å². The number of aromatic nitrogens is 3. The van der Waals surface area contributed by atoms with Crippen molar-refractivity contribution in [2.45, 2.75) is 25.7 Å². The van der Waals surface area contributed by atoms with E-state index in [0.29, 0.717) is 5.92 Å². The Morgan fingerprint density at radius 2 is 2.00 bits per heavy atom. The third kappa shape index (κ3) is 2.58. The average molecular weight is 342 g/mol. The fourth-order valence-corrected chi connectivity index (χ4v) is 4.13. The molecule has 0 radical (unpaired) electrons. The monoisotopic (exact) mass is 342 g/mol. The normalized spacial score (nSPS) is 17.8. The van der Waals surface area contributed by atoms with E-state index in [-0.39, 0.29) is 0 Å². The molecular weight excluding hydrogens is 320 g/mol. The summed E-state index contributed by atoms with van der Waals surface area (Å²) in [6.07, 6.45) is 4.41. The van der Waals surface area contributed by atoms with Crippen molar-refractivity contribution in [3.05, 3.63) is 59.8 Å². The van der Waals surface area contributed by atoms with Gasteiger partial charge in [0.25, 0.3) is 0 Å². The molecule has 0 amide bonds. The molecule has 1 atom stereocenters. The van der Waals surface area contributed by atoms with E-state index in [1.807, 2.05) is 18.3 Å². The predicted molar refractivity (Wildman–Crippen MR) is 106 cm³/mol. The molecule has 4 heteroatoms. The Labute approximate surface area is 152 Å². The summed E-state index contributed by atoms with van der Waals surface area (Å²) in [7, 11) is 0. The van der Waals surface area contributed by atoms with Crippen molar-refractivity contribution < 1.29 is 0 Å². The van der Waals surface area contributed by atoms with Gasteiger partial charge in [0.05, 0.1) is 16.6 Å². The van der Waals surface area contributed by atoms with Crippen molar-refractivity contribution in [3.63, 3.8) is 0 Å². The lowest BCUT2D eigenvalue weighted by atomic mass is 9.86. The quantitative estimate of drug-likeness (QED) is 0.562. The lowest BCUT2D eigenvalue weighted by molar-refractivity contribution is 0.464. The predicted octanol–water partition coefficient (Wildman–Crippen LogP) is 4.55. The highest BCUT2D eigenvalue weighted by atomic mass is 14.9. The van der Waals surface area contributed by atoms with E-state index in [0.717, 1.165) is 41.0 Å². The van der Waals surface area contributed by atoms with E-state index >= 15 is 0 Å². The summed E-state index contributed by atoms with van der Waals surface area (Å²) < 4.78 is 0. The summed E-state index contributed by atoms with van der Waals surface area (Å²) in [6, 6.07) is 14.7. The van der Waals surface area contributed by atoms with Crippen LogP contribution in [0.3, 0.4) is 0 Å². The van der Waals surface area contributed by atoms with Crippen LogP contribution in [0.15, 0.2) is 48.7 Å². The number of aromatic amines is 1. The number of benzene rings is 2. The second-order valence-electron chi connectivity index (χ2n) is 7.25. The van der Waals surface area contributed by atoms with Crippen LogP contribution in [0, 0.1) is 6.92 Å². The van der Waals surface area contributed by atoms with Crippen LogP contribution in [0.25, 0.3) is 33.3 Å². The number of aryl methyl sites for hydroxylation is 1. The van der Waals surface area contributed by atoms with Crippen molar-refractivity contribution in [2.75, 3.05) is 13.1 Å². The minimum Gasteiger partial charge on any atom is -0.338 e. The number of fused-ring (bicyclic) bond motifs is 2. The highest BCUT2D eigenvalue weighted by Gasteiger charge is 2.23. The Morgan fingerprint density at radius 3 is 2.85 bits per heavy atom. The SMILES string of the molecule is Cc1ccc2ncc(-c3nc4ccccc4[nH]3)c(C3CCCNC3)c2c1. The van der Waals surface area contributed by atoms with E-state index in [1.165, 1.54) is 29.4 Å². The first-order valence-electron chi connectivity index (χ1n) is 9.35. The van der Waals surface area contributed by atoms with Crippen LogP contribution < -0.4 is 5.32 Å². The molecular formula is C22H22N4. The second-order valence-corrected chi connectivity index (χ2v) is 7.25. The van der Waals surface area contributed by atoms with Gasteiger partial charge in [0.15, 0.2) is 0 Å². The molecule has 1 aliphatic heterocycles. The summed E-state index contributed by atoms with van der Waals surface area (Å²) >= 11 is 0. The average Bonchev–Trinajstić information content (AvgIpc) is 3.11. The standard InChI is InChI=1S/C22H22N4/c1-14-8-9-18-16(11-14)21(15-5-4-10-23-12-15)17(13-24-18)22-25-19-6-2-3-7-20(19)26-22/h2-3,6-9,11,13,15,23H,4-5,10,12H2,1H3,(H,25,26). The molecule has 0 saturated carbocycles. The van der Waals surface area contributed by atoms with Gasteiger partial charge in [-0.1, -0.05) is 23.8 Å². The summed E-state index contributed by atoms with van der Waals surface area (Å²) in [4.78, 5) is 13.1. The van der Waals surface area contributed by atoms with Gasteiger partial charge in [0.1, 0.15) is 5.82 Å². The number of nitrogens with one attached hydrogen (secondary N) is 2. The zero-order chi connectivity index (χ0) is 17.5. The summed E-state index contributed by atoms with van der Waals surface area (Å²) in [5.41, 5.74) is 6.92. The van der Waals surface area contributed by atoms with E-state index < -0.39 is 0 Å². The van der Waals surface area contributed by atoms with Gasteiger partial charge in [-0.05, 0) is 62.1 Å². The second kappa shape index (κ2) is 6.22. The molecule has 1 aliphatic rings. The van der Waals surface area contributed by atoms with E-state index in [2.05, 4.69) is 47.6 Å². The third-order valence-corrected chi connectivity index (χ3v) is 5.41. The maximum Gasteiger partial charge on any atom is 0.140 e. The Balaban J connectivity index is 1.77. The minimum atomic E-state index is 0.485. The lowest BCUT2D eigenvalue weighted by Crippen LogP contribution is -2.28. The lowest BCUT2D eigenvalue weighted by Gasteiger charge is -2.26. The van der Waals surface area contributed by atoms with Crippen LogP contribution in [-0.4, -0.2) is 28.0 Å². The number of pyridine rings is 1. The van der Waals surface area contributed by atoms with Crippen molar-refractivity contribution in [1.29, 1.82) is 0 Å². The smallest absolute Gasteiger partial charge is 0.140 e. The fraction of sp³-hybridized carbons (Fsp3) is 0.273. The largest absolute Gasteiger partial charge is 0.338 e. The van der Waals surface area contributed by atoms with Crippen molar-refractivity contribution in [2.24, 2.45) is 0 Å². The maximum atomic E-state index is 4.85. The van der Waals surface area contributed by atoms with Gasteiger partial charge in [-0.3, -0.25) is 4.98 Å². The number of piperidine rings is 1. The van der Waals surface area contributed by atoms with Gasteiger partial charge in [0.2, 0.25) is 0 Å². The van der Waals surface area contributed by atoms with Crippen LogP contribution in [0.1, 0.15) is 29.9 Å². The first-order chi connectivity index (χ1) is 12.8. The molecule has 26 heavy (non-hydrogen) atoms. The topological polar surface area (TPSA) is 53.6 Å². The first kappa shape index (κ1) is 15.5. The van der Waals surface area contributed by atoms with E-state index in [1.54, 1.807) is 0 Å². The molecule has 2 aromatic carbocycles. The molecule has 1 unspecified atom stereocenters. The number of para-hydroxylation sites is 2. The van der Waals surface area contributed by atoms with Crippen LogP contribution in [0.4, 0.5) is 0 Å². The van der Waals surface area contributed by atoms with Gasteiger partial charge in [-0.25, -0.2) is 4.98 Å². The Bertz CT molecular complexity index is 1060. The van der Waals surface area contributed by atoms with E-state index in [4.69, 9.17) is 9.97 Å². The van der Waals surface area contributed by atoms with Gasteiger partial charge < -0.3 is 10.3 Å². The van der Waals surface area contributed by atoms with Gasteiger partial charge in [0, 0.05) is 23.7 Å². The summed E-state index contributed by atoms with van der Waals surface area (Å²) in [5.74, 6) is 1.40. The molecule has 4 nitrogen and oxygen atoms in total. The highest BCUT2D eigenvalue weighted by molar-refractivity contribution is 5.90. The molecule has 2 aromatic heterocycles. The minimum absolute atomic E-state index is 0.485. The molecule has 4 aromatic rings. The van der Waals surface area contributed by atoms with Crippen LogP contribution in [0.5, 0.6) is 0 Å². The number of H-pyrrole nitrogens is 1. The molecule has 0 bridgehead atoms. The molecule has 1 saturated heterocycles. The Kier molecular flexibility index (Phi) is 3.71. The molecule has 3 heterocycles. The van der Waals surface area contributed by atoms with Gasteiger partial charge >= 0.3 is 0 Å². The highest BCUT2D eigenvalue weighted by Crippen LogP contribution is 2.37. The Morgan fingerprint density at radius 1 is 1.08 bits per heavy atom. The maximum absolute atomic E-state index is 4.85. The summed E-state index contributed by atoms with van der Waals surface area (Å²) in [5, 5.41) is 4.83. The number of hydrogen-bond acceptors (Lipinski definition) is 3.